The van der Waals surface area contributed by atoms with E-state index in [0.717, 1.165) is 76.7 Å². The number of hydrogen-bond donors (Lipinski definition) is 0. The van der Waals surface area contributed by atoms with Gasteiger partial charge < -0.3 is 4.42 Å². The van der Waals surface area contributed by atoms with E-state index in [9.17, 15) is 0 Å². The summed E-state index contributed by atoms with van der Waals surface area (Å²) in [6, 6.07) is 65.7. The molecular formula is C51H31N3O. The van der Waals surface area contributed by atoms with Gasteiger partial charge in [-0.3, -0.25) is 0 Å². The summed E-state index contributed by atoms with van der Waals surface area (Å²) in [6.07, 6.45) is 0. The summed E-state index contributed by atoms with van der Waals surface area (Å²) in [6.45, 7) is 0. The van der Waals surface area contributed by atoms with Gasteiger partial charge in [-0.1, -0.05) is 152 Å². The Hall–Kier alpha value is -7.43. The fourth-order valence-corrected chi connectivity index (χ4v) is 8.03. The summed E-state index contributed by atoms with van der Waals surface area (Å²) in [5.74, 6) is 1.84. The van der Waals surface area contributed by atoms with Gasteiger partial charge >= 0.3 is 0 Å². The zero-order valence-corrected chi connectivity index (χ0v) is 29.6. The molecule has 0 amide bonds. The second kappa shape index (κ2) is 12.6. The Kier molecular flexibility index (Phi) is 7.14. The van der Waals surface area contributed by atoms with Gasteiger partial charge in [0.1, 0.15) is 11.2 Å². The molecule has 0 aliphatic carbocycles. The molecule has 0 atom stereocenters. The molecule has 0 N–H and O–H groups in total. The van der Waals surface area contributed by atoms with Gasteiger partial charge in [0, 0.05) is 32.8 Å². The third kappa shape index (κ3) is 5.26. The lowest BCUT2D eigenvalue weighted by Crippen LogP contribution is -2.01. The minimum absolute atomic E-state index is 0.603. The van der Waals surface area contributed by atoms with E-state index < -0.39 is 0 Å². The fourth-order valence-electron chi connectivity index (χ4n) is 8.03. The Morgan fingerprint density at radius 2 is 0.891 bits per heavy atom. The third-order valence-corrected chi connectivity index (χ3v) is 10.7. The highest BCUT2D eigenvalue weighted by molar-refractivity contribution is 6.19. The van der Waals surface area contributed by atoms with Gasteiger partial charge in [0.15, 0.2) is 17.5 Å². The van der Waals surface area contributed by atoms with Gasteiger partial charge in [0.25, 0.3) is 0 Å². The molecule has 0 bridgehead atoms. The van der Waals surface area contributed by atoms with E-state index in [-0.39, 0.29) is 0 Å². The Bertz CT molecular complexity index is 3260. The standard InChI is InChI=1S/C51H31N3O/c1-3-13-32(14-4-1)36-25-26-42-44(30-36)46(31-45-41-21-11-12-22-47(41)55-48(42)45)51-53-49(37-24-23-33-15-7-8-18-35(33)29-37)52-50(54-51)43-28-27-38(34-16-5-2-6-17-34)39-19-9-10-20-40(39)43/h1-31H. The molecule has 0 saturated carbocycles. The number of para-hydroxylation sites is 1. The number of hydrogen-bond acceptors (Lipinski definition) is 4. The molecular weight excluding hydrogens is 671 g/mol. The van der Waals surface area contributed by atoms with Crippen molar-refractivity contribution < 1.29 is 4.42 Å². The maximum absolute atomic E-state index is 6.57. The zero-order valence-electron chi connectivity index (χ0n) is 29.6. The van der Waals surface area contributed by atoms with Crippen molar-refractivity contribution in [1.29, 1.82) is 0 Å². The predicted molar refractivity (Wildman–Crippen MR) is 227 cm³/mol. The summed E-state index contributed by atoms with van der Waals surface area (Å²) in [5, 5.41) is 8.62. The van der Waals surface area contributed by atoms with Crippen molar-refractivity contribution in [2.75, 3.05) is 0 Å². The van der Waals surface area contributed by atoms with Crippen molar-refractivity contribution >= 4 is 54.3 Å². The van der Waals surface area contributed by atoms with E-state index in [0.29, 0.717) is 17.5 Å². The first-order chi connectivity index (χ1) is 27.2. The minimum atomic E-state index is 0.603. The topological polar surface area (TPSA) is 51.8 Å². The Balaban J connectivity index is 1.22. The van der Waals surface area contributed by atoms with Crippen molar-refractivity contribution in [3.63, 3.8) is 0 Å². The molecule has 9 aromatic carbocycles. The predicted octanol–water partition coefficient (Wildman–Crippen LogP) is 13.6. The van der Waals surface area contributed by atoms with Gasteiger partial charge in [-0.05, 0) is 85.6 Å². The average molecular weight is 702 g/mol. The molecule has 0 aliphatic rings. The maximum atomic E-state index is 6.57. The third-order valence-electron chi connectivity index (χ3n) is 10.7. The van der Waals surface area contributed by atoms with E-state index >= 15 is 0 Å². The SMILES string of the molecule is c1ccc(-c2ccc3c(c2)c(-c2nc(-c4ccc5ccccc5c4)nc(-c4ccc(-c5ccccc5)c5ccccc45)n2)cc2c4ccccc4oc32)cc1. The molecule has 2 aromatic heterocycles. The Morgan fingerprint density at radius 3 is 1.69 bits per heavy atom. The first-order valence-corrected chi connectivity index (χ1v) is 18.5. The molecule has 11 rings (SSSR count). The van der Waals surface area contributed by atoms with Crippen LogP contribution in [0.5, 0.6) is 0 Å². The lowest BCUT2D eigenvalue weighted by Gasteiger charge is -2.14. The monoisotopic (exact) mass is 701 g/mol. The number of fused-ring (bicyclic) bond motifs is 7. The van der Waals surface area contributed by atoms with Gasteiger partial charge in [0.2, 0.25) is 0 Å². The molecule has 256 valence electrons. The van der Waals surface area contributed by atoms with E-state index in [4.69, 9.17) is 19.4 Å². The smallest absolute Gasteiger partial charge is 0.164 e. The van der Waals surface area contributed by atoms with Crippen LogP contribution < -0.4 is 0 Å². The maximum Gasteiger partial charge on any atom is 0.164 e. The quantitative estimate of drug-likeness (QED) is 0.179. The Labute approximate surface area is 317 Å². The highest BCUT2D eigenvalue weighted by atomic mass is 16.3. The fraction of sp³-hybridized carbons (Fsp3) is 0. The van der Waals surface area contributed by atoms with Gasteiger partial charge in [-0.15, -0.1) is 0 Å². The summed E-state index contributed by atoms with van der Waals surface area (Å²) in [5.41, 5.74) is 9.08. The van der Waals surface area contributed by atoms with Crippen LogP contribution >= 0.6 is 0 Å². The molecule has 4 nitrogen and oxygen atoms in total. The summed E-state index contributed by atoms with van der Waals surface area (Å²) >= 11 is 0. The average Bonchev–Trinajstić information content (AvgIpc) is 3.64. The number of aromatic nitrogens is 3. The Morgan fingerprint density at radius 1 is 0.291 bits per heavy atom. The van der Waals surface area contributed by atoms with Crippen LogP contribution in [0.15, 0.2) is 192 Å². The summed E-state index contributed by atoms with van der Waals surface area (Å²) in [7, 11) is 0. The molecule has 11 aromatic rings. The van der Waals surface area contributed by atoms with Gasteiger partial charge in [0.05, 0.1) is 0 Å². The van der Waals surface area contributed by atoms with Crippen molar-refractivity contribution in [1.82, 2.24) is 15.0 Å². The number of benzene rings is 9. The molecule has 0 unspecified atom stereocenters. The van der Waals surface area contributed by atoms with Crippen LogP contribution in [-0.2, 0) is 0 Å². The number of furan rings is 1. The first kappa shape index (κ1) is 31.1. The molecule has 2 heterocycles. The van der Waals surface area contributed by atoms with Gasteiger partial charge in [-0.2, -0.15) is 0 Å². The second-order valence-corrected chi connectivity index (χ2v) is 14.0. The summed E-state index contributed by atoms with van der Waals surface area (Å²) < 4.78 is 6.57. The van der Waals surface area contributed by atoms with Crippen molar-refractivity contribution in [3.8, 4) is 56.4 Å². The molecule has 0 fully saturated rings. The molecule has 0 radical (unpaired) electrons. The highest BCUT2D eigenvalue weighted by Crippen LogP contribution is 2.42. The molecule has 4 heteroatoms. The van der Waals surface area contributed by atoms with Crippen LogP contribution in [0.25, 0.3) is 111 Å². The van der Waals surface area contributed by atoms with Crippen LogP contribution in [0.1, 0.15) is 0 Å². The van der Waals surface area contributed by atoms with Gasteiger partial charge in [-0.25, -0.2) is 15.0 Å². The second-order valence-electron chi connectivity index (χ2n) is 14.0. The highest BCUT2D eigenvalue weighted by Gasteiger charge is 2.21. The van der Waals surface area contributed by atoms with Crippen LogP contribution in [0.3, 0.4) is 0 Å². The van der Waals surface area contributed by atoms with Crippen molar-refractivity contribution in [3.05, 3.63) is 188 Å². The van der Waals surface area contributed by atoms with Crippen LogP contribution in [0, 0.1) is 0 Å². The molecule has 55 heavy (non-hydrogen) atoms. The lowest BCUT2D eigenvalue weighted by molar-refractivity contribution is 0.672. The minimum Gasteiger partial charge on any atom is -0.455 e. The van der Waals surface area contributed by atoms with E-state index in [1.807, 2.05) is 18.2 Å². The van der Waals surface area contributed by atoms with Crippen LogP contribution in [-0.4, -0.2) is 15.0 Å². The molecule has 0 spiro atoms. The molecule has 0 saturated heterocycles. The van der Waals surface area contributed by atoms with Crippen molar-refractivity contribution in [2.24, 2.45) is 0 Å². The van der Waals surface area contributed by atoms with Crippen LogP contribution in [0.2, 0.25) is 0 Å². The normalized spacial score (nSPS) is 11.6. The number of rotatable bonds is 5. The largest absolute Gasteiger partial charge is 0.455 e. The van der Waals surface area contributed by atoms with E-state index in [2.05, 4.69) is 170 Å². The lowest BCUT2D eigenvalue weighted by atomic mass is 9.94. The first-order valence-electron chi connectivity index (χ1n) is 18.5. The molecule has 0 aliphatic heterocycles. The summed E-state index contributed by atoms with van der Waals surface area (Å²) in [4.78, 5) is 16.0. The van der Waals surface area contributed by atoms with E-state index in [1.54, 1.807) is 0 Å². The van der Waals surface area contributed by atoms with Crippen LogP contribution in [0.4, 0.5) is 0 Å². The zero-order chi connectivity index (χ0) is 36.3. The number of nitrogens with zero attached hydrogens (tertiary/aromatic N) is 3. The van der Waals surface area contributed by atoms with E-state index in [1.165, 1.54) is 16.5 Å². The van der Waals surface area contributed by atoms with Crippen molar-refractivity contribution in [2.45, 2.75) is 0 Å².